The number of hydrogen-bond acceptors (Lipinski definition) is 7. The number of carbonyl (C=O) groups excluding carboxylic acids is 2. The Morgan fingerprint density at radius 2 is 1.76 bits per heavy atom. The summed E-state index contributed by atoms with van der Waals surface area (Å²) in [5.74, 6) is -0.737. The Bertz CT molecular complexity index is 1230. The van der Waals surface area contributed by atoms with Crippen molar-refractivity contribution in [1.82, 2.24) is 19.1 Å². The Kier molecular flexibility index (Phi) is 5.26. The molecule has 1 aromatic carbocycles. The fourth-order valence-electron chi connectivity index (χ4n) is 2.89. The van der Waals surface area contributed by atoms with E-state index in [9.17, 15) is 19.2 Å². The molecule has 0 unspecified atom stereocenters. The van der Waals surface area contributed by atoms with Gasteiger partial charge in [0.25, 0.3) is 5.56 Å². The predicted octanol–water partition coefficient (Wildman–Crippen LogP) is 0.367. The van der Waals surface area contributed by atoms with Gasteiger partial charge >= 0.3 is 11.7 Å². The first-order valence-electron chi connectivity index (χ1n) is 8.62. The highest BCUT2D eigenvalue weighted by Crippen LogP contribution is 2.18. The molecule has 10 nitrogen and oxygen atoms in total. The van der Waals surface area contributed by atoms with Crippen LogP contribution in [0.5, 0.6) is 0 Å². The summed E-state index contributed by atoms with van der Waals surface area (Å²) in [6.07, 6.45) is 1.42. The summed E-state index contributed by atoms with van der Waals surface area (Å²) in [5.41, 5.74) is 0.417. The first-order valence-corrected chi connectivity index (χ1v) is 8.62. The topological polar surface area (TPSA) is 116 Å². The van der Waals surface area contributed by atoms with Crippen LogP contribution in [0.2, 0.25) is 0 Å². The second-order valence-corrected chi connectivity index (χ2v) is 6.38. The molecule has 2 aromatic heterocycles. The van der Waals surface area contributed by atoms with Gasteiger partial charge in [-0.3, -0.25) is 18.7 Å². The first kappa shape index (κ1) is 19.9. The molecule has 0 N–H and O–H groups in total. The number of ether oxygens (including phenoxy) is 1. The minimum absolute atomic E-state index is 0.0386. The van der Waals surface area contributed by atoms with Gasteiger partial charge in [0, 0.05) is 26.7 Å². The van der Waals surface area contributed by atoms with E-state index in [-0.39, 0.29) is 23.6 Å². The van der Waals surface area contributed by atoms with Crippen molar-refractivity contribution in [1.29, 1.82) is 0 Å². The quantitative estimate of drug-likeness (QED) is 0.584. The normalized spacial score (nSPS) is 10.8. The maximum absolute atomic E-state index is 12.4. The number of nitrogens with zero attached hydrogens (tertiary/aromatic N) is 5. The molecule has 150 valence electrons. The number of carbonyl (C=O) groups is 2. The summed E-state index contributed by atoms with van der Waals surface area (Å²) in [6.45, 7) is 1.45. The lowest BCUT2D eigenvalue weighted by Crippen LogP contribution is -2.38. The zero-order valence-electron chi connectivity index (χ0n) is 16.4. The van der Waals surface area contributed by atoms with E-state index >= 15 is 0 Å². The molecule has 0 aliphatic carbocycles. The van der Waals surface area contributed by atoms with E-state index in [1.807, 2.05) is 0 Å². The molecule has 0 saturated carbocycles. The maximum atomic E-state index is 12.4. The van der Waals surface area contributed by atoms with E-state index in [2.05, 4.69) is 14.7 Å². The smallest absolute Gasteiger partial charge is 0.337 e. The molecule has 0 radical (unpaired) electrons. The number of hydrogen-bond donors (Lipinski definition) is 0. The molecule has 0 bridgehead atoms. The summed E-state index contributed by atoms with van der Waals surface area (Å²) in [5, 5.41) is 0. The third-order valence-electron chi connectivity index (χ3n) is 4.50. The zero-order valence-corrected chi connectivity index (χ0v) is 16.4. The van der Waals surface area contributed by atoms with Crippen LogP contribution in [0.1, 0.15) is 23.0 Å². The van der Waals surface area contributed by atoms with Crippen molar-refractivity contribution in [2.75, 3.05) is 12.0 Å². The van der Waals surface area contributed by atoms with E-state index in [0.29, 0.717) is 16.9 Å². The van der Waals surface area contributed by atoms with Crippen LogP contribution in [0, 0.1) is 0 Å². The Balaban J connectivity index is 2.00. The Hall–Kier alpha value is -3.82. The Morgan fingerprint density at radius 3 is 2.34 bits per heavy atom. The van der Waals surface area contributed by atoms with E-state index in [4.69, 9.17) is 0 Å². The van der Waals surface area contributed by atoms with E-state index in [0.717, 1.165) is 4.57 Å². The fourth-order valence-corrected chi connectivity index (χ4v) is 2.89. The second-order valence-electron chi connectivity index (χ2n) is 6.38. The highest BCUT2D eigenvalue weighted by Gasteiger charge is 2.17. The largest absolute Gasteiger partial charge is 0.465 e. The number of aryl methyl sites for hydroxylation is 1. The highest BCUT2D eigenvalue weighted by atomic mass is 16.5. The lowest BCUT2D eigenvalue weighted by atomic mass is 10.2. The minimum atomic E-state index is -0.561. The van der Waals surface area contributed by atoms with Gasteiger partial charge in [-0.05, 0) is 24.3 Å². The standard InChI is InChI=1S/C19H19N5O5/c1-11(25)24(14-7-5-12(6-8-14)18(27)29-4)10-13-9-20-16-15(21-13)17(26)23(3)19(28)22(16)2/h5-9H,10H2,1-4H3. The SMILES string of the molecule is COC(=O)c1ccc(N(Cc2cnc3c(n2)c(=O)n(C)c(=O)n3C)C(C)=O)cc1. The number of aromatic nitrogens is 4. The molecule has 0 spiro atoms. The van der Waals surface area contributed by atoms with Gasteiger partial charge in [-0.25, -0.2) is 19.6 Å². The van der Waals surface area contributed by atoms with Crippen LogP contribution in [0.25, 0.3) is 11.2 Å². The van der Waals surface area contributed by atoms with Gasteiger partial charge in [-0.15, -0.1) is 0 Å². The van der Waals surface area contributed by atoms with Crippen LogP contribution >= 0.6 is 0 Å². The third kappa shape index (κ3) is 3.64. The summed E-state index contributed by atoms with van der Waals surface area (Å²) in [6, 6.07) is 6.33. The summed E-state index contributed by atoms with van der Waals surface area (Å²) in [4.78, 5) is 58.1. The van der Waals surface area contributed by atoms with Crippen LogP contribution in [0.3, 0.4) is 0 Å². The van der Waals surface area contributed by atoms with Crippen molar-refractivity contribution >= 4 is 28.7 Å². The molecule has 0 atom stereocenters. The number of fused-ring (bicyclic) bond motifs is 1. The molecule has 0 saturated heterocycles. The van der Waals surface area contributed by atoms with Crippen LogP contribution < -0.4 is 16.1 Å². The van der Waals surface area contributed by atoms with E-state index in [1.54, 1.807) is 24.3 Å². The molecule has 3 rings (SSSR count). The number of anilines is 1. The van der Waals surface area contributed by atoms with Gasteiger partial charge in [-0.1, -0.05) is 0 Å². The van der Waals surface area contributed by atoms with Gasteiger partial charge in [-0.2, -0.15) is 0 Å². The van der Waals surface area contributed by atoms with Crippen LogP contribution in [0.4, 0.5) is 5.69 Å². The highest BCUT2D eigenvalue weighted by molar-refractivity contribution is 5.93. The van der Waals surface area contributed by atoms with Crippen molar-refractivity contribution in [2.45, 2.75) is 13.5 Å². The van der Waals surface area contributed by atoms with E-state index in [1.165, 1.54) is 43.8 Å². The van der Waals surface area contributed by atoms with Gasteiger partial charge < -0.3 is 9.64 Å². The lowest BCUT2D eigenvalue weighted by molar-refractivity contribution is -0.116. The summed E-state index contributed by atoms with van der Waals surface area (Å²) in [7, 11) is 4.16. The van der Waals surface area contributed by atoms with Crippen molar-refractivity contribution in [3.8, 4) is 0 Å². The third-order valence-corrected chi connectivity index (χ3v) is 4.50. The van der Waals surface area contributed by atoms with Gasteiger partial charge in [0.2, 0.25) is 5.91 Å². The number of amides is 1. The molecule has 29 heavy (non-hydrogen) atoms. The average molecular weight is 397 g/mol. The summed E-state index contributed by atoms with van der Waals surface area (Å²) >= 11 is 0. The number of methoxy groups -OCH3 is 1. The van der Waals surface area contributed by atoms with Gasteiger partial charge in [0.15, 0.2) is 11.2 Å². The van der Waals surface area contributed by atoms with Crippen LogP contribution in [-0.4, -0.2) is 38.1 Å². The van der Waals surface area contributed by atoms with E-state index < -0.39 is 17.2 Å². The van der Waals surface area contributed by atoms with Gasteiger partial charge in [0.1, 0.15) is 0 Å². The molecule has 1 amide bonds. The van der Waals surface area contributed by atoms with Crippen LogP contribution in [0.15, 0.2) is 40.1 Å². The van der Waals surface area contributed by atoms with Crippen molar-refractivity contribution in [3.63, 3.8) is 0 Å². The first-order chi connectivity index (χ1) is 13.7. The molecule has 2 heterocycles. The molecular formula is C19H19N5O5. The monoisotopic (exact) mass is 397 g/mol. The maximum Gasteiger partial charge on any atom is 0.337 e. The van der Waals surface area contributed by atoms with Crippen molar-refractivity contribution in [2.24, 2.45) is 14.1 Å². The van der Waals surface area contributed by atoms with Crippen molar-refractivity contribution < 1.29 is 14.3 Å². The van der Waals surface area contributed by atoms with Crippen LogP contribution in [-0.2, 0) is 30.2 Å². The number of benzene rings is 1. The Labute approximate surface area is 165 Å². The molecule has 10 heteroatoms. The number of rotatable bonds is 4. The number of esters is 1. The fraction of sp³-hybridized carbons (Fsp3) is 0.263. The average Bonchev–Trinajstić information content (AvgIpc) is 2.73. The molecule has 0 aliphatic rings. The Morgan fingerprint density at radius 1 is 1.10 bits per heavy atom. The van der Waals surface area contributed by atoms with Gasteiger partial charge in [0.05, 0.1) is 31.1 Å². The predicted molar refractivity (Wildman–Crippen MR) is 105 cm³/mol. The summed E-state index contributed by atoms with van der Waals surface area (Å²) < 4.78 is 6.86. The second kappa shape index (κ2) is 7.66. The molecule has 0 aliphatic heterocycles. The minimum Gasteiger partial charge on any atom is -0.465 e. The lowest BCUT2D eigenvalue weighted by Gasteiger charge is -2.21. The molecule has 3 aromatic rings. The molecule has 0 fully saturated rings. The van der Waals surface area contributed by atoms with Crippen molar-refractivity contribution in [3.05, 3.63) is 62.6 Å². The zero-order chi connectivity index (χ0) is 21.3. The molecular weight excluding hydrogens is 378 g/mol.